The van der Waals surface area contributed by atoms with Crippen LogP contribution < -0.4 is 4.74 Å². The second-order valence-corrected chi connectivity index (χ2v) is 8.40. The lowest BCUT2D eigenvalue weighted by Crippen LogP contribution is -2.37. The first-order valence-electron chi connectivity index (χ1n) is 10.7. The van der Waals surface area contributed by atoms with Crippen molar-refractivity contribution in [2.75, 3.05) is 13.1 Å². The van der Waals surface area contributed by atoms with Gasteiger partial charge in [-0.1, -0.05) is 42.5 Å². The average molecular weight is 399 g/mol. The van der Waals surface area contributed by atoms with Crippen LogP contribution in [0.4, 0.5) is 0 Å². The van der Waals surface area contributed by atoms with Gasteiger partial charge in [-0.05, 0) is 60.2 Å². The van der Waals surface area contributed by atoms with E-state index in [1.54, 1.807) is 0 Å². The quantitative estimate of drug-likeness (QED) is 0.604. The van der Waals surface area contributed by atoms with Crippen molar-refractivity contribution in [1.29, 1.82) is 0 Å². The van der Waals surface area contributed by atoms with Gasteiger partial charge in [-0.15, -0.1) is 0 Å². The van der Waals surface area contributed by atoms with Gasteiger partial charge in [-0.25, -0.2) is 0 Å². The molecule has 1 saturated carbocycles. The van der Waals surface area contributed by atoms with Crippen LogP contribution in [-0.2, 0) is 16.8 Å². The number of benzene rings is 2. The Morgan fingerprint density at radius 3 is 2.43 bits per heavy atom. The van der Waals surface area contributed by atoms with Crippen molar-refractivity contribution in [3.63, 3.8) is 0 Å². The molecule has 0 radical (unpaired) electrons. The summed E-state index contributed by atoms with van der Waals surface area (Å²) in [6.45, 7) is 2.20. The molecule has 4 nitrogen and oxygen atoms in total. The molecule has 1 aliphatic carbocycles. The number of amides is 1. The molecule has 0 spiro atoms. The number of carbonyl (C=O) groups is 1. The van der Waals surface area contributed by atoms with E-state index >= 15 is 0 Å². The first-order valence-corrected chi connectivity index (χ1v) is 10.7. The Kier molecular flexibility index (Phi) is 4.99. The van der Waals surface area contributed by atoms with Gasteiger partial charge >= 0.3 is 0 Å². The molecular weight excluding hydrogens is 372 g/mol. The average Bonchev–Trinajstić information content (AvgIpc) is 3.48. The second-order valence-electron chi connectivity index (χ2n) is 8.40. The van der Waals surface area contributed by atoms with Crippen molar-refractivity contribution in [3.05, 3.63) is 95.8 Å². The smallest absolute Gasteiger partial charge is 0.233 e. The molecule has 0 N–H and O–H groups in total. The van der Waals surface area contributed by atoms with Crippen LogP contribution >= 0.6 is 0 Å². The highest BCUT2D eigenvalue weighted by Gasteiger charge is 2.53. The maximum atomic E-state index is 13.4. The lowest BCUT2D eigenvalue weighted by Gasteiger charge is -2.24. The fourth-order valence-electron chi connectivity index (χ4n) is 4.52. The lowest BCUT2D eigenvalue weighted by molar-refractivity contribution is -0.132. The molecule has 1 aliphatic heterocycles. The van der Waals surface area contributed by atoms with E-state index in [4.69, 9.17) is 4.74 Å². The van der Waals surface area contributed by atoms with E-state index in [9.17, 15) is 4.79 Å². The van der Waals surface area contributed by atoms with Crippen molar-refractivity contribution in [2.24, 2.45) is 0 Å². The van der Waals surface area contributed by atoms with E-state index in [1.165, 1.54) is 5.56 Å². The number of carbonyl (C=O) groups excluding carboxylic acids is 1. The van der Waals surface area contributed by atoms with Gasteiger partial charge in [0.15, 0.2) is 0 Å². The summed E-state index contributed by atoms with van der Waals surface area (Å²) in [6, 6.07) is 22.4. The van der Waals surface area contributed by atoms with Crippen LogP contribution in [-0.4, -0.2) is 28.9 Å². The van der Waals surface area contributed by atoms with Gasteiger partial charge in [0, 0.05) is 31.4 Å². The maximum Gasteiger partial charge on any atom is 0.233 e. The molecule has 2 fully saturated rings. The standard InChI is InChI=1S/C26H26N2O2/c29-25(28-17-12-22(18-28)21-10-15-27-16-11-21)26(13-14-26)23-6-8-24(9-7-23)30-19-20-4-2-1-3-5-20/h1-11,15-16,22H,12-14,17-19H2. The SMILES string of the molecule is O=C(N1CCC(c2ccncc2)C1)C1(c2ccc(OCc3ccccc3)cc2)CC1. The predicted octanol–water partition coefficient (Wildman–Crippen LogP) is 4.71. The number of aromatic nitrogens is 1. The molecule has 30 heavy (non-hydrogen) atoms. The van der Waals surface area contributed by atoms with Gasteiger partial charge in [0.2, 0.25) is 5.91 Å². The first-order chi connectivity index (χ1) is 14.7. The van der Waals surface area contributed by atoms with Crippen molar-refractivity contribution in [2.45, 2.75) is 37.2 Å². The molecule has 1 aromatic heterocycles. The van der Waals surface area contributed by atoms with Crippen LogP contribution in [0.3, 0.4) is 0 Å². The minimum absolute atomic E-state index is 0.289. The van der Waals surface area contributed by atoms with Gasteiger partial charge in [-0.2, -0.15) is 0 Å². The van der Waals surface area contributed by atoms with Crippen LogP contribution in [0.5, 0.6) is 5.75 Å². The minimum atomic E-state index is -0.328. The van der Waals surface area contributed by atoms with Crippen LogP contribution in [0.15, 0.2) is 79.1 Å². The Morgan fingerprint density at radius 2 is 1.73 bits per heavy atom. The molecule has 2 aromatic carbocycles. The predicted molar refractivity (Wildman–Crippen MR) is 116 cm³/mol. The second kappa shape index (κ2) is 7.94. The van der Waals surface area contributed by atoms with Crippen molar-refractivity contribution in [1.82, 2.24) is 9.88 Å². The third-order valence-electron chi connectivity index (χ3n) is 6.47. The summed E-state index contributed by atoms with van der Waals surface area (Å²) in [4.78, 5) is 19.6. The van der Waals surface area contributed by atoms with Gasteiger partial charge in [0.05, 0.1) is 5.41 Å². The molecule has 4 heteroatoms. The molecule has 1 saturated heterocycles. The number of likely N-dealkylation sites (tertiary alicyclic amines) is 1. The van der Waals surface area contributed by atoms with Crippen LogP contribution in [0.2, 0.25) is 0 Å². The highest BCUT2D eigenvalue weighted by atomic mass is 16.5. The van der Waals surface area contributed by atoms with Crippen LogP contribution in [0.25, 0.3) is 0 Å². The molecule has 2 aliphatic rings. The fraction of sp³-hybridized carbons (Fsp3) is 0.308. The molecule has 1 amide bonds. The number of hydrogen-bond acceptors (Lipinski definition) is 3. The van der Waals surface area contributed by atoms with Crippen molar-refractivity contribution < 1.29 is 9.53 Å². The molecule has 5 rings (SSSR count). The summed E-state index contributed by atoms with van der Waals surface area (Å²) >= 11 is 0. The molecule has 152 valence electrons. The summed E-state index contributed by atoms with van der Waals surface area (Å²) in [5, 5.41) is 0. The van der Waals surface area contributed by atoms with E-state index in [2.05, 4.69) is 46.3 Å². The lowest BCUT2D eigenvalue weighted by atomic mass is 9.94. The largest absolute Gasteiger partial charge is 0.489 e. The number of pyridine rings is 1. The van der Waals surface area contributed by atoms with Crippen molar-refractivity contribution >= 4 is 5.91 Å². The Balaban J connectivity index is 1.23. The Labute approximate surface area is 177 Å². The molecular formula is C26H26N2O2. The van der Waals surface area contributed by atoms with Crippen molar-refractivity contribution in [3.8, 4) is 5.75 Å². The maximum absolute atomic E-state index is 13.4. The normalized spacial score (nSPS) is 19.5. The highest BCUT2D eigenvalue weighted by Crippen LogP contribution is 2.50. The number of nitrogens with zero attached hydrogens (tertiary/aromatic N) is 2. The van der Waals surface area contributed by atoms with E-state index in [0.29, 0.717) is 12.5 Å². The zero-order valence-corrected chi connectivity index (χ0v) is 17.0. The Hall–Kier alpha value is -3.14. The Morgan fingerprint density at radius 1 is 1.00 bits per heavy atom. The van der Waals surface area contributed by atoms with Gasteiger partial charge in [0.1, 0.15) is 12.4 Å². The summed E-state index contributed by atoms with van der Waals surface area (Å²) < 4.78 is 5.90. The minimum Gasteiger partial charge on any atom is -0.489 e. The summed E-state index contributed by atoms with van der Waals surface area (Å²) in [6.07, 6.45) is 6.57. The number of ether oxygens (including phenoxy) is 1. The van der Waals surface area contributed by atoms with Gasteiger partial charge in [-0.3, -0.25) is 9.78 Å². The topological polar surface area (TPSA) is 42.4 Å². The number of hydrogen-bond donors (Lipinski definition) is 0. The van der Waals surface area contributed by atoms with E-state index in [-0.39, 0.29) is 11.3 Å². The van der Waals surface area contributed by atoms with Gasteiger partial charge < -0.3 is 9.64 Å². The van der Waals surface area contributed by atoms with Gasteiger partial charge in [0.25, 0.3) is 0 Å². The molecule has 1 atom stereocenters. The fourth-order valence-corrected chi connectivity index (χ4v) is 4.52. The molecule has 1 unspecified atom stereocenters. The van der Waals surface area contributed by atoms with E-state index in [1.807, 2.05) is 42.7 Å². The summed E-state index contributed by atoms with van der Waals surface area (Å²) in [7, 11) is 0. The monoisotopic (exact) mass is 398 g/mol. The molecule has 3 aromatic rings. The highest BCUT2D eigenvalue weighted by molar-refractivity contribution is 5.91. The van der Waals surface area contributed by atoms with Crippen LogP contribution in [0.1, 0.15) is 41.9 Å². The van der Waals surface area contributed by atoms with Crippen LogP contribution in [0, 0.1) is 0 Å². The molecule has 2 heterocycles. The third-order valence-corrected chi connectivity index (χ3v) is 6.47. The third kappa shape index (κ3) is 3.70. The summed E-state index contributed by atoms with van der Waals surface area (Å²) in [5.41, 5.74) is 3.22. The molecule has 0 bridgehead atoms. The zero-order chi connectivity index (χ0) is 20.4. The van der Waals surface area contributed by atoms with E-state index in [0.717, 1.165) is 49.2 Å². The zero-order valence-electron chi connectivity index (χ0n) is 17.0. The van der Waals surface area contributed by atoms with E-state index < -0.39 is 0 Å². The summed E-state index contributed by atoms with van der Waals surface area (Å²) in [5.74, 6) is 1.54. The first kappa shape index (κ1) is 18.9. The Bertz CT molecular complexity index is 998. The number of rotatable bonds is 6.